The first-order chi connectivity index (χ1) is 14.1. The highest BCUT2D eigenvalue weighted by atomic mass is 16.5. The standard InChI is InChI=1S/C27H48O3/c1-7-23(4)17-22(23)25(6,24(5,8-2)9-3)19-30-27-15-20-12-21(16-27)14-26(13-20,18-27)29-11-10-28/h20-22,28H,7-19H2,1-6H3. The van der Waals surface area contributed by atoms with Gasteiger partial charge in [-0.1, -0.05) is 60.8 Å². The average Bonchev–Trinajstić information content (AvgIpc) is 3.42. The van der Waals surface area contributed by atoms with Crippen molar-refractivity contribution in [2.24, 2.45) is 34.0 Å². The van der Waals surface area contributed by atoms with E-state index in [1.165, 1.54) is 57.8 Å². The van der Waals surface area contributed by atoms with Crippen molar-refractivity contribution in [2.45, 2.75) is 117 Å². The first-order valence-electron chi connectivity index (χ1n) is 13.0. The number of aliphatic hydroxyl groups is 1. The van der Waals surface area contributed by atoms with Crippen LogP contribution in [-0.2, 0) is 9.47 Å². The van der Waals surface area contributed by atoms with Gasteiger partial charge in [-0.05, 0) is 72.5 Å². The molecule has 0 heterocycles. The molecule has 0 saturated heterocycles. The van der Waals surface area contributed by atoms with Crippen molar-refractivity contribution in [3.8, 4) is 0 Å². The van der Waals surface area contributed by atoms with Crippen LogP contribution in [0, 0.1) is 34.0 Å². The largest absolute Gasteiger partial charge is 0.394 e. The van der Waals surface area contributed by atoms with Crippen LogP contribution in [0.5, 0.6) is 0 Å². The third kappa shape index (κ3) is 3.59. The van der Waals surface area contributed by atoms with Gasteiger partial charge in [0, 0.05) is 6.42 Å². The average molecular weight is 421 g/mol. The van der Waals surface area contributed by atoms with Crippen molar-refractivity contribution in [3.05, 3.63) is 0 Å². The second-order valence-electron chi connectivity index (χ2n) is 12.6. The van der Waals surface area contributed by atoms with Crippen molar-refractivity contribution >= 4 is 0 Å². The molecule has 0 amide bonds. The minimum atomic E-state index is -0.0282. The Balaban J connectivity index is 1.55. The molecule has 0 spiro atoms. The first-order valence-corrected chi connectivity index (χ1v) is 13.0. The zero-order valence-corrected chi connectivity index (χ0v) is 20.7. The van der Waals surface area contributed by atoms with Gasteiger partial charge in [0.25, 0.3) is 0 Å². The fourth-order valence-corrected chi connectivity index (χ4v) is 8.54. The van der Waals surface area contributed by atoms with Gasteiger partial charge in [0.15, 0.2) is 0 Å². The summed E-state index contributed by atoms with van der Waals surface area (Å²) in [5.41, 5.74) is 1.03. The lowest BCUT2D eigenvalue weighted by atomic mass is 9.52. The summed E-state index contributed by atoms with van der Waals surface area (Å²) in [7, 11) is 0. The van der Waals surface area contributed by atoms with Gasteiger partial charge in [-0.25, -0.2) is 0 Å². The van der Waals surface area contributed by atoms with Crippen molar-refractivity contribution in [1.29, 1.82) is 0 Å². The van der Waals surface area contributed by atoms with Crippen LogP contribution in [0.25, 0.3) is 0 Å². The van der Waals surface area contributed by atoms with E-state index in [0.29, 0.717) is 17.4 Å². The lowest BCUT2D eigenvalue weighted by Gasteiger charge is -2.62. The lowest BCUT2D eigenvalue weighted by Crippen LogP contribution is -2.62. The van der Waals surface area contributed by atoms with Crippen LogP contribution in [0.4, 0.5) is 0 Å². The summed E-state index contributed by atoms with van der Waals surface area (Å²) in [5, 5.41) is 9.37. The molecule has 0 aromatic carbocycles. The van der Waals surface area contributed by atoms with Gasteiger partial charge >= 0.3 is 0 Å². The second-order valence-corrected chi connectivity index (χ2v) is 12.6. The van der Waals surface area contributed by atoms with E-state index in [1.807, 2.05) is 0 Å². The van der Waals surface area contributed by atoms with Gasteiger partial charge in [-0.15, -0.1) is 0 Å². The summed E-state index contributed by atoms with van der Waals surface area (Å²) >= 11 is 0. The van der Waals surface area contributed by atoms with Gasteiger partial charge in [0.1, 0.15) is 0 Å². The maximum atomic E-state index is 9.37. The maximum absolute atomic E-state index is 9.37. The van der Waals surface area contributed by atoms with E-state index in [9.17, 15) is 5.11 Å². The van der Waals surface area contributed by atoms with Gasteiger partial charge in [0.2, 0.25) is 0 Å². The number of rotatable bonds is 11. The minimum absolute atomic E-state index is 0.0146. The fraction of sp³-hybridized carbons (Fsp3) is 1.00. The third-order valence-electron chi connectivity index (χ3n) is 11.0. The molecule has 0 radical (unpaired) electrons. The molecule has 30 heavy (non-hydrogen) atoms. The van der Waals surface area contributed by atoms with E-state index in [2.05, 4.69) is 41.5 Å². The lowest BCUT2D eigenvalue weighted by molar-refractivity contribution is -0.251. The van der Waals surface area contributed by atoms with Crippen molar-refractivity contribution < 1.29 is 14.6 Å². The number of aliphatic hydroxyl groups excluding tert-OH is 1. The third-order valence-corrected chi connectivity index (χ3v) is 11.0. The molecule has 1 N–H and O–H groups in total. The predicted octanol–water partition coefficient (Wildman–Crippen LogP) is 6.37. The predicted molar refractivity (Wildman–Crippen MR) is 122 cm³/mol. The number of ether oxygens (including phenoxy) is 2. The first kappa shape index (κ1) is 23.1. The molecule has 0 aliphatic heterocycles. The monoisotopic (exact) mass is 420 g/mol. The Morgan fingerprint density at radius 2 is 1.47 bits per heavy atom. The molecular formula is C27H48O3. The Morgan fingerprint density at radius 3 is 1.93 bits per heavy atom. The molecule has 5 aliphatic carbocycles. The molecule has 5 saturated carbocycles. The molecule has 0 aromatic heterocycles. The highest BCUT2D eigenvalue weighted by Crippen LogP contribution is 2.69. The highest BCUT2D eigenvalue weighted by molar-refractivity contribution is 5.13. The number of hydrogen-bond acceptors (Lipinski definition) is 3. The van der Waals surface area contributed by atoms with Crippen LogP contribution in [0.15, 0.2) is 0 Å². The quantitative estimate of drug-likeness (QED) is 0.422. The Hall–Kier alpha value is -0.120. The van der Waals surface area contributed by atoms with Crippen LogP contribution >= 0.6 is 0 Å². The van der Waals surface area contributed by atoms with E-state index in [1.54, 1.807) is 0 Å². The molecular weight excluding hydrogens is 372 g/mol. The maximum Gasteiger partial charge on any atom is 0.0716 e. The van der Waals surface area contributed by atoms with Gasteiger partial charge in [0.05, 0.1) is 31.0 Å². The molecule has 3 nitrogen and oxygen atoms in total. The Morgan fingerprint density at radius 1 is 0.900 bits per heavy atom. The molecule has 0 aromatic rings. The van der Waals surface area contributed by atoms with Crippen molar-refractivity contribution in [3.63, 3.8) is 0 Å². The Kier molecular flexibility index (Phi) is 5.94. The summed E-state index contributed by atoms with van der Waals surface area (Å²) in [6.07, 6.45) is 12.3. The summed E-state index contributed by atoms with van der Waals surface area (Å²) in [6.45, 7) is 16.2. The molecule has 5 fully saturated rings. The van der Waals surface area contributed by atoms with Crippen LogP contribution < -0.4 is 0 Å². The highest BCUT2D eigenvalue weighted by Gasteiger charge is 2.64. The molecule has 5 aliphatic rings. The Bertz CT molecular complexity index is 612. The minimum Gasteiger partial charge on any atom is -0.394 e. The molecule has 174 valence electrons. The van der Waals surface area contributed by atoms with Gasteiger partial charge in [-0.3, -0.25) is 0 Å². The van der Waals surface area contributed by atoms with Gasteiger partial charge in [-0.2, -0.15) is 0 Å². The van der Waals surface area contributed by atoms with Crippen molar-refractivity contribution in [1.82, 2.24) is 0 Å². The molecule has 3 heteroatoms. The van der Waals surface area contributed by atoms with Crippen LogP contribution in [0.1, 0.15) is 106 Å². The van der Waals surface area contributed by atoms with E-state index in [4.69, 9.17) is 9.47 Å². The fourth-order valence-electron chi connectivity index (χ4n) is 8.54. The second kappa shape index (κ2) is 7.73. The molecule has 5 unspecified atom stereocenters. The SMILES string of the molecule is CCC1(C)CC1C(C)(COC12CC3CC(CC(OCCO)(C3)C1)C2)C(C)(CC)CC. The summed E-state index contributed by atoms with van der Waals surface area (Å²) in [4.78, 5) is 0. The van der Waals surface area contributed by atoms with Gasteiger partial charge < -0.3 is 14.6 Å². The van der Waals surface area contributed by atoms with E-state index in [0.717, 1.165) is 30.8 Å². The van der Waals surface area contributed by atoms with Crippen LogP contribution in [-0.4, -0.2) is 36.1 Å². The summed E-state index contributed by atoms with van der Waals surface area (Å²) in [5.74, 6) is 2.27. The normalized spacial score (nSPS) is 44.3. The van der Waals surface area contributed by atoms with E-state index >= 15 is 0 Å². The van der Waals surface area contributed by atoms with E-state index in [-0.39, 0.29) is 23.2 Å². The van der Waals surface area contributed by atoms with Crippen LogP contribution in [0.2, 0.25) is 0 Å². The molecule has 5 rings (SSSR count). The zero-order valence-electron chi connectivity index (χ0n) is 20.7. The molecule has 5 atom stereocenters. The summed E-state index contributed by atoms with van der Waals surface area (Å²) < 4.78 is 13.5. The molecule has 4 bridgehead atoms. The van der Waals surface area contributed by atoms with E-state index < -0.39 is 0 Å². The Labute approximate surface area is 185 Å². The zero-order chi connectivity index (χ0) is 21.8. The summed E-state index contributed by atoms with van der Waals surface area (Å²) in [6, 6.07) is 0. The van der Waals surface area contributed by atoms with Crippen LogP contribution in [0.3, 0.4) is 0 Å². The smallest absolute Gasteiger partial charge is 0.0716 e. The topological polar surface area (TPSA) is 38.7 Å². The van der Waals surface area contributed by atoms with Crippen molar-refractivity contribution in [2.75, 3.05) is 19.8 Å². The number of hydrogen-bond donors (Lipinski definition) is 1.